The molecule has 0 heterocycles. The van der Waals surface area contributed by atoms with Gasteiger partial charge in [0.25, 0.3) is 0 Å². The average Bonchev–Trinajstić information content (AvgIpc) is 2.49. The first kappa shape index (κ1) is 12.2. The fourth-order valence-corrected chi connectivity index (χ4v) is 3.51. The number of hydrogen-bond donors (Lipinski definition) is 0. The number of benzene rings is 2. The van der Waals surface area contributed by atoms with Gasteiger partial charge in [0.2, 0.25) is 0 Å². The third kappa shape index (κ3) is 1.74. The molecule has 1 aliphatic carbocycles. The Balaban J connectivity index is 2.14. The van der Waals surface area contributed by atoms with Gasteiger partial charge in [0.1, 0.15) is 0 Å². The maximum Gasteiger partial charge on any atom is 0.0302 e. The molecule has 1 atom stereocenters. The molecule has 0 aromatic heterocycles. The lowest BCUT2D eigenvalue weighted by Gasteiger charge is -2.51. The minimum atomic E-state index is 0.171. The molecule has 0 amide bonds. The molecule has 0 unspecified atom stereocenters. The minimum Gasteiger partial charge on any atom is -0.0881 e. The summed E-state index contributed by atoms with van der Waals surface area (Å²) in [5.74, 6) is 0.585. The normalized spacial score (nSPS) is 23.1. The molecule has 0 bridgehead atoms. The van der Waals surface area contributed by atoms with Gasteiger partial charge in [-0.2, -0.15) is 0 Å². The standard InChI is InChI=1S/C19H20/c1-3-16-14-19(15(16)2,17-10-6-4-7-11-17)18-12-8-5-9-13-18/h3-13,15H,14H2,1-2H3/b16-3+/t15-/m1/s1. The monoisotopic (exact) mass is 248 g/mol. The first-order valence-electron chi connectivity index (χ1n) is 7.05. The van der Waals surface area contributed by atoms with Crippen LogP contribution in [0.3, 0.4) is 0 Å². The van der Waals surface area contributed by atoms with Crippen LogP contribution < -0.4 is 0 Å². The van der Waals surface area contributed by atoms with Crippen LogP contribution in [0.5, 0.6) is 0 Å². The van der Waals surface area contributed by atoms with E-state index in [-0.39, 0.29) is 5.41 Å². The first-order chi connectivity index (χ1) is 9.29. The van der Waals surface area contributed by atoms with E-state index in [1.54, 1.807) is 5.57 Å². The Bertz CT molecular complexity index is 538. The van der Waals surface area contributed by atoms with Crippen LogP contribution in [-0.4, -0.2) is 0 Å². The third-order valence-electron chi connectivity index (χ3n) is 4.73. The maximum atomic E-state index is 2.36. The molecule has 0 radical (unpaired) electrons. The van der Waals surface area contributed by atoms with Gasteiger partial charge in [-0.05, 0) is 30.4 Å². The summed E-state index contributed by atoms with van der Waals surface area (Å²) in [4.78, 5) is 0. The van der Waals surface area contributed by atoms with Gasteiger partial charge in [-0.25, -0.2) is 0 Å². The topological polar surface area (TPSA) is 0 Å². The van der Waals surface area contributed by atoms with E-state index in [1.165, 1.54) is 11.1 Å². The molecule has 2 aromatic carbocycles. The lowest BCUT2D eigenvalue weighted by atomic mass is 9.51. The molecule has 0 heteroatoms. The Labute approximate surface area is 115 Å². The van der Waals surface area contributed by atoms with E-state index in [4.69, 9.17) is 0 Å². The Kier molecular flexibility index (Phi) is 3.02. The summed E-state index contributed by atoms with van der Waals surface area (Å²) < 4.78 is 0. The van der Waals surface area contributed by atoms with E-state index < -0.39 is 0 Å². The van der Waals surface area contributed by atoms with Crippen LogP contribution in [0.1, 0.15) is 31.4 Å². The third-order valence-corrected chi connectivity index (χ3v) is 4.73. The summed E-state index contributed by atoms with van der Waals surface area (Å²) in [6, 6.07) is 21.9. The second-order valence-corrected chi connectivity index (χ2v) is 5.47. The van der Waals surface area contributed by atoms with Crippen molar-refractivity contribution in [2.75, 3.05) is 0 Å². The van der Waals surface area contributed by atoms with Crippen molar-refractivity contribution in [2.24, 2.45) is 5.92 Å². The van der Waals surface area contributed by atoms with Gasteiger partial charge in [0.05, 0.1) is 0 Å². The highest BCUT2D eigenvalue weighted by Crippen LogP contribution is 2.56. The molecule has 2 aromatic rings. The zero-order chi connectivity index (χ0) is 13.3. The van der Waals surface area contributed by atoms with Crippen molar-refractivity contribution in [3.05, 3.63) is 83.4 Å². The second kappa shape index (κ2) is 4.70. The molecular weight excluding hydrogens is 228 g/mol. The zero-order valence-corrected chi connectivity index (χ0v) is 11.6. The Hall–Kier alpha value is -1.82. The smallest absolute Gasteiger partial charge is 0.0302 e. The summed E-state index contributed by atoms with van der Waals surface area (Å²) in [5, 5.41) is 0. The Morgan fingerprint density at radius 1 is 0.895 bits per heavy atom. The van der Waals surface area contributed by atoms with Gasteiger partial charge in [-0.15, -0.1) is 0 Å². The van der Waals surface area contributed by atoms with E-state index in [2.05, 4.69) is 80.6 Å². The van der Waals surface area contributed by atoms with E-state index in [0.29, 0.717) is 5.92 Å². The molecule has 0 spiro atoms. The van der Waals surface area contributed by atoms with E-state index in [0.717, 1.165) is 6.42 Å². The molecule has 0 aliphatic heterocycles. The highest BCUT2D eigenvalue weighted by atomic mass is 14.5. The minimum absolute atomic E-state index is 0.171. The van der Waals surface area contributed by atoms with Crippen LogP contribution in [0.4, 0.5) is 0 Å². The van der Waals surface area contributed by atoms with Gasteiger partial charge >= 0.3 is 0 Å². The summed E-state index contributed by atoms with van der Waals surface area (Å²) >= 11 is 0. The van der Waals surface area contributed by atoms with Crippen LogP contribution in [0, 0.1) is 5.92 Å². The molecule has 19 heavy (non-hydrogen) atoms. The Morgan fingerprint density at radius 3 is 1.74 bits per heavy atom. The summed E-state index contributed by atoms with van der Waals surface area (Å²) in [7, 11) is 0. The lowest BCUT2D eigenvalue weighted by molar-refractivity contribution is 0.281. The van der Waals surface area contributed by atoms with Crippen molar-refractivity contribution in [1.29, 1.82) is 0 Å². The summed E-state index contributed by atoms with van der Waals surface area (Å²) in [6.07, 6.45) is 3.44. The van der Waals surface area contributed by atoms with Crippen molar-refractivity contribution < 1.29 is 0 Å². The largest absolute Gasteiger partial charge is 0.0881 e. The van der Waals surface area contributed by atoms with E-state index in [1.807, 2.05) is 0 Å². The molecule has 1 fully saturated rings. The maximum absolute atomic E-state index is 2.36. The Morgan fingerprint density at radius 2 is 1.37 bits per heavy atom. The molecule has 0 saturated heterocycles. The van der Waals surface area contributed by atoms with Gasteiger partial charge in [0, 0.05) is 5.41 Å². The van der Waals surface area contributed by atoms with Crippen molar-refractivity contribution in [3.8, 4) is 0 Å². The quantitative estimate of drug-likeness (QED) is 0.659. The number of rotatable bonds is 2. The van der Waals surface area contributed by atoms with Crippen molar-refractivity contribution >= 4 is 0 Å². The van der Waals surface area contributed by atoms with Crippen LogP contribution in [0.2, 0.25) is 0 Å². The van der Waals surface area contributed by atoms with Crippen LogP contribution >= 0.6 is 0 Å². The molecule has 1 aliphatic rings. The summed E-state index contributed by atoms with van der Waals surface area (Å²) in [6.45, 7) is 4.52. The average molecular weight is 248 g/mol. The molecular formula is C19H20. The molecule has 96 valence electrons. The van der Waals surface area contributed by atoms with Crippen LogP contribution in [0.15, 0.2) is 72.3 Å². The lowest BCUT2D eigenvalue weighted by Crippen LogP contribution is -2.45. The van der Waals surface area contributed by atoms with E-state index >= 15 is 0 Å². The van der Waals surface area contributed by atoms with Gasteiger partial charge in [0.15, 0.2) is 0 Å². The fraction of sp³-hybridized carbons (Fsp3) is 0.263. The number of hydrogen-bond acceptors (Lipinski definition) is 0. The van der Waals surface area contributed by atoms with E-state index in [9.17, 15) is 0 Å². The van der Waals surface area contributed by atoms with Crippen molar-refractivity contribution in [2.45, 2.75) is 25.7 Å². The summed E-state index contributed by atoms with van der Waals surface area (Å²) in [5.41, 5.74) is 4.64. The SMILES string of the molecule is C/C=C1\CC(c2ccccc2)(c2ccccc2)[C@@H]1C. The second-order valence-electron chi connectivity index (χ2n) is 5.47. The fourth-order valence-electron chi connectivity index (χ4n) is 3.51. The zero-order valence-electron chi connectivity index (χ0n) is 11.6. The highest BCUT2D eigenvalue weighted by Gasteiger charge is 2.49. The van der Waals surface area contributed by atoms with Crippen LogP contribution in [-0.2, 0) is 5.41 Å². The van der Waals surface area contributed by atoms with Crippen molar-refractivity contribution in [3.63, 3.8) is 0 Å². The van der Waals surface area contributed by atoms with Crippen molar-refractivity contribution in [1.82, 2.24) is 0 Å². The van der Waals surface area contributed by atoms with Gasteiger partial charge in [-0.1, -0.05) is 79.2 Å². The molecule has 0 N–H and O–H groups in total. The van der Waals surface area contributed by atoms with Gasteiger partial charge < -0.3 is 0 Å². The predicted molar refractivity (Wildman–Crippen MR) is 81.2 cm³/mol. The highest BCUT2D eigenvalue weighted by molar-refractivity contribution is 5.49. The molecule has 1 saturated carbocycles. The first-order valence-corrected chi connectivity index (χ1v) is 7.05. The molecule has 0 nitrogen and oxygen atoms in total. The number of allylic oxidation sites excluding steroid dienone is 2. The van der Waals surface area contributed by atoms with Gasteiger partial charge in [-0.3, -0.25) is 0 Å². The predicted octanol–water partition coefficient (Wildman–Crippen LogP) is 4.96. The van der Waals surface area contributed by atoms with Crippen LogP contribution in [0.25, 0.3) is 0 Å². The molecule has 3 rings (SSSR count).